The summed E-state index contributed by atoms with van der Waals surface area (Å²) in [5.41, 5.74) is 0.487. The van der Waals surface area contributed by atoms with Crippen LogP contribution in [0.2, 0.25) is 0 Å². The van der Waals surface area contributed by atoms with Gasteiger partial charge in [-0.15, -0.1) is 0 Å². The largest absolute Gasteiger partial charge is 0.657 e. The van der Waals surface area contributed by atoms with E-state index in [9.17, 15) is 9.59 Å². The summed E-state index contributed by atoms with van der Waals surface area (Å²) in [7, 11) is 2.25. The van der Waals surface area contributed by atoms with E-state index in [0.717, 1.165) is 0 Å². The molecule has 0 spiro atoms. The minimum Gasteiger partial charge on any atom is -0.493 e. The van der Waals surface area contributed by atoms with Gasteiger partial charge in [-0.2, -0.15) is 5.10 Å². The van der Waals surface area contributed by atoms with E-state index in [2.05, 4.69) is 21.0 Å². The van der Waals surface area contributed by atoms with E-state index in [0.29, 0.717) is 10.1 Å². The maximum absolute atomic E-state index is 11.6. The fourth-order valence-corrected chi connectivity index (χ4v) is 2.17. The molecule has 18 heavy (non-hydrogen) atoms. The van der Waals surface area contributed by atoms with Gasteiger partial charge in [0.15, 0.2) is 0 Å². The van der Waals surface area contributed by atoms with Crippen molar-refractivity contribution < 1.29 is 18.9 Å². The molecule has 0 aromatic carbocycles. The van der Waals surface area contributed by atoms with Crippen LogP contribution in [0.1, 0.15) is 0 Å². The number of carbonyl (C=O) groups excluding carboxylic acids is 2. The molecule has 1 saturated heterocycles. The van der Waals surface area contributed by atoms with Crippen molar-refractivity contribution in [3.05, 3.63) is 10.7 Å². The monoisotopic (exact) mass is 315 g/mol. The lowest BCUT2D eigenvalue weighted by molar-refractivity contribution is -0.145. The summed E-state index contributed by atoms with van der Waals surface area (Å²) in [6.45, 7) is 0.0855. The minimum absolute atomic E-state index is 0.0427. The fraction of sp³-hybridized carbons (Fsp3) is 0.444. The van der Waals surface area contributed by atoms with Crippen LogP contribution in [-0.2, 0) is 25.9 Å². The lowest BCUT2D eigenvalue weighted by Crippen LogP contribution is -2.50. The molecule has 0 unspecified atom stereocenters. The molecule has 96 valence electrons. The van der Waals surface area contributed by atoms with E-state index in [1.54, 1.807) is 20.3 Å². The molecule has 0 aliphatic carbocycles. The summed E-state index contributed by atoms with van der Waals surface area (Å²) in [6.07, 6.45) is 1.54. The van der Waals surface area contributed by atoms with Crippen LogP contribution in [0.25, 0.3) is 0 Å². The van der Waals surface area contributed by atoms with Gasteiger partial charge in [0.2, 0.25) is 0 Å². The molecule has 1 fully saturated rings. The maximum Gasteiger partial charge on any atom is 0.657 e. The Morgan fingerprint density at radius 3 is 2.28 bits per heavy atom. The summed E-state index contributed by atoms with van der Waals surface area (Å²) in [5.74, 6) is -0.911. The summed E-state index contributed by atoms with van der Waals surface area (Å²) < 4.78 is 12.3. The number of rotatable bonds is 1. The lowest BCUT2D eigenvalue weighted by atomic mass is 9.84. The van der Waals surface area contributed by atoms with Gasteiger partial charge in [0, 0.05) is 7.05 Å². The second-order valence-electron chi connectivity index (χ2n) is 3.99. The Morgan fingerprint density at radius 1 is 1.28 bits per heavy atom. The summed E-state index contributed by atoms with van der Waals surface area (Å²) >= 11 is 3.27. The average molecular weight is 316 g/mol. The van der Waals surface area contributed by atoms with Gasteiger partial charge in [-0.1, -0.05) is 0 Å². The molecule has 2 rings (SSSR count). The quantitative estimate of drug-likeness (QED) is 0.613. The van der Waals surface area contributed by atoms with E-state index in [1.807, 2.05) is 0 Å². The average Bonchev–Trinajstić information content (AvgIpc) is 2.55. The van der Waals surface area contributed by atoms with E-state index in [1.165, 1.54) is 9.58 Å². The Labute approximate surface area is 112 Å². The highest BCUT2D eigenvalue weighted by molar-refractivity contribution is 9.10. The van der Waals surface area contributed by atoms with Crippen LogP contribution in [0.3, 0.4) is 0 Å². The number of carbonyl (C=O) groups is 2. The number of nitrogens with zero attached hydrogens (tertiary/aromatic N) is 3. The third kappa shape index (κ3) is 2.73. The van der Waals surface area contributed by atoms with Gasteiger partial charge >= 0.3 is 19.1 Å². The van der Waals surface area contributed by atoms with Crippen LogP contribution in [0.15, 0.2) is 10.7 Å². The molecule has 0 saturated carbocycles. The standard InChI is InChI=1S/C9H11BBrN3O4/c1-13-4-7(15)17-10(18-8(16)5-13)9-6(11)3-12-14(9)2/h3H,4-5H2,1-2H3. The normalized spacial score (nSPS) is 18.1. The highest BCUT2D eigenvalue weighted by Gasteiger charge is 2.37. The van der Waals surface area contributed by atoms with Gasteiger partial charge in [-0.05, 0) is 23.0 Å². The molecular weight excluding hydrogens is 305 g/mol. The molecule has 0 N–H and O–H groups in total. The Morgan fingerprint density at radius 2 is 1.83 bits per heavy atom. The lowest BCUT2D eigenvalue weighted by Gasteiger charge is -2.22. The van der Waals surface area contributed by atoms with Gasteiger partial charge in [-0.3, -0.25) is 19.2 Å². The molecule has 9 heteroatoms. The van der Waals surface area contributed by atoms with Crippen LogP contribution in [-0.4, -0.2) is 53.9 Å². The molecule has 1 aromatic rings. The number of halogens is 1. The Bertz CT molecular complexity index is 453. The van der Waals surface area contributed by atoms with Gasteiger partial charge in [0.05, 0.1) is 23.8 Å². The van der Waals surface area contributed by atoms with Crippen molar-refractivity contribution in [1.82, 2.24) is 14.7 Å². The van der Waals surface area contributed by atoms with Crippen LogP contribution in [0.4, 0.5) is 0 Å². The molecule has 0 atom stereocenters. The SMILES string of the molecule is CN1CC(=O)OB(c2c(Br)cnn2C)OC(=O)C1. The summed E-state index contributed by atoms with van der Waals surface area (Å²) in [4.78, 5) is 24.7. The molecule has 1 aliphatic heterocycles. The topological polar surface area (TPSA) is 73.7 Å². The smallest absolute Gasteiger partial charge is 0.493 e. The number of hydrogen-bond donors (Lipinski definition) is 0. The minimum atomic E-state index is -1.07. The van der Waals surface area contributed by atoms with E-state index in [4.69, 9.17) is 9.31 Å². The van der Waals surface area contributed by atoms with Crippen LogP contribution in [0.5, 0.6) is 0 Å². The zero-order valence-electron chi connectivity index (χ0n) is 9.92. The number of hydrogen-bond acceptors (Lipinski definition) is 6. The molecule has 0 radical (unpaired) electrons. The Kier molecular flexibility index (Phi) is 3.72. The van der Waals surface area contributed by atoms with Crippen molar-refractivity contribution in [1.29, 1.82) is 0 Å². The molecule has 2 heterocycles. The highest BCUT2D eigenvalue weighted by atomic mass is 79.9. The van der Waals surface area contributed by atoms with Crippen molar-refractivity contribution in [2.75, 3.05) is 20.1 Å². The first-order valence-electron chi connectivity index (χ1n) is 5.22. The van der Waals surface area contributed by atoms with Crippen LogP contribution >= 0.6 is 15.9 Å². The zero-order chi connectivity index (χ0) is 13.3. The molecule has 1 aliphatic rings. The van der Waals surface area contributed by atoms with Crippen molar-refractivity contribution >= 4 is 40.6 Å². The molecule has 1 aromatic heterocycles. The van der Waals surface area contributed by atoms with Gasteiger partial charge < -0.3 is 9.31 Å². The Balaban J connectivity index is 2.26. The van der Waals surface area contributed by atoms with Crippen molar-refractivity contribution in [2.24, 2.45) is 7.05 Å². The number of likely N-dealkylation sites (N-methyl/N-ethyl adjacent to an activating group) is 1. The molecule has 0 amide bonds. The van der Waals surface area contributed by atoms with Gasteiger partial charge in [-0.25, -0.2) is 0 Å². The zero-order valence-corrected chi connectivity index (χ0v) is 11.5. The number of aryl methyl sites for hydroxylation is 1. The van der Waals surface area contributed by atoms with Crippen LogP contribution in [0, 0.1) is 0 Å². The van der Waals surface area contributed by atoms with Gasteiger partial charge in [0.1, 0.15) is 5.59 Å². The Hall–Kier alpha value is -1.35. The second kappa shape index (κ2) is 5.11. The predicted octanol–water partition coefficient (Wildman–Crippen LogP) is -1.09. The molecular formula is C9H11BBrN3O4. The van der Waals surface area contributed by atoms with E-state index < -0.39 is 19.1 Å². The van der Waals surface area contributed by atoms with Crippen molar-refractivity contribution in [3.8, 4) is 0 Å². The predicted molar refractivity (Wildman–Crippen MR) is 66.0 cm³/mol. The molecule has 7 nitrogen and oxygen atoms in total. The maximum atomic E-state index is 11.6. The first-order chi connectivity index (χ1) is 8.47. The summed E-state index contributed by atoms with van der Waals surface area (Å²) in [5, 5.41) is 3.99. The first-order valence-corrected chi connectivity index (χ1v) is 6.01. The first kappa shape index (κ1) is 13.1. The fourth-order valence-electron chi connectivity index (χ4n) is 1.63. The third-order valence-corrected chi connectivity index (χ3v) is 3.05. The summed E-state index contributed by atoms with van der Waals surface area (Å²) in [6, 6.07) is 0. The number of aromatic nitrogens is 2. The highest BCUT2D eigenvalue weighted by Crippen LogP contribution is 2.08. The van der Waals surface area contributed by atoms with Gasteiger partial charge in [0.25, 0.3) is 0 Å². The van der Waals surface area contributed by atoms with E-state index in [-0.39, 0.29) is 13.1 Å². The van der Waals surface area contributed by atoms with Crippen molar-refractivity contribution in [3.63, 3.8) is 0 Å². The van der Waals surface area contributed by atoms with Crippen LogP contribution < -0.4 is 5.59 Å². The third-order valence-electron chi connectivity index (χ3n) is 2.44. The molecule has 0 bridgehead atoms. The van der Waals surface area contributed by atoms with E-state index >= 15 is 0 Å². The second-order valence-corrected chi connectivity index (χ2v) is 4.84. The van der Waals surface area contributed by atoms with Crippen molar-refractivity contribution in [2.45, 2.75) is 0 Å².